The van der Waals surface area contributed by atoms with Crippen molar-refractivity contribution >= 4 is 34.8 Å². The Hall–Kier alpha value is -3.32. The van der Waals surface area contributed by atoms with E-state index in [9.17, 15) is 18.4 Å². The molecule has 3 rings (SSSR count). The summed E-state index contributed by atoms with van der Waals surface area (Å²) in [6.07, 6.45) is 1.29. The number of para-hydroxylation sites is 1. The topological polar surface area (TPSA) is 71.1 Å². The summed E-state index contributed by atoms with van der Waals surface area (Å²) in [6, 6.07) is 12.4. The van der Waals surface area contributed by atoms with E-state index in [4.69, 9.17) is 11.6 Å². The fraction of sp³-hybridized carbons (Fsp3) is 0. The van der Waals surface area contributed by atoms with Crippen molar-refractivity contribution in [1.82, 2.24) is 4.98 Å². The van der Waals surface area contributed by atoms with E-state index in [0.29, 0.717) is 10.7 Å². The minimum atomic E-state index is -1.09. The third-order valence-corrected chi connectivity index (χ3v) is 3.88. The maximum Gasteiger partial charge on any atom is 0.274 e. The first-order valence-electron chi connectivity index (χ1n) is 7.72. The summed E-state index contributed by atoms with van der Waals surface area (Å²) >= 11 is 6.00. The number of nitrogens with zero attached hydrogens (tertiary/aromatic N) is 1. The van der Waals surface area contributed by atoms with Crippen LogP contribution in [0.2, 0.25) is 5.02 Å². The van der Waals surface area contributed by atoms with Crippen molar-refractivity contribution in [3.63, 3.8) is 0 Å². The molecule has 0 fully saturated rings. The highest BCUT2D eigenvalue weighted by Gasteiger charge is 2.14. The summed E-state index contributed by atoms with van der Waals surface area (Å²) < 4.78 is 26.2. The van der Waals surface area contributed by atoms with E-state index in [1.807, 2.05) is 0 Å². The van der Waals surface area contributed by atoms with Gasteiger partial charge in [-0.3, -0.25) is 14.6 Å². The monoisotopic (exact) mass is 387 g/mol. The number of rotatable bonds is 4. The summed E-state index contributed by atoms with van der Waals surface area (Å²) in [7, 11) is 0. The summed E-state index contributed by atoms with van der Waals surface area (Å²) in [4.78, 5) is 28.5. The average molecular weight is 388 g/mol. The third-order valence-electron chi connectivity index (χ3n) is 3.55. The number of halogens is 3. The van der Waals surface area contributed by atoms with E-state index in [0.717, 1.165) is 12.1 Å². The molecule has 2 N–H and O–H groups in total. The number of benzene rings is 2. The smallest absolute Gasteiger partial charge is 0.274 e. The fourth-order valence-electron chi connectivity index (χ4n) is 2.22. The van der Waals surface area contributed by atoms with Crippen molar-refractivity contribution in [3.05, 3.63) is 88.7 Å². The number of carbonyl (C=O) groups excluding carboxylic acids is 2. The number of hydrogen-bond donors (Lipinski definition) is 2. The zero-order valence-electron chi connectivity index (χ0n) is 13.7. The van der Waals surface area contributed by atoms with Gasteiger partial charge in [-0.05, 0) is 36.4 Å². The highest BCUT2D eigenvalue weighted by atomic mass is 35.5. The molecule has 0 spiro atoms. The number of anilines is 2. The van der Waals surface area contributed by atoms with E-state index in [1.165, 1.54) is 24.4 Å². The molecule has 3 aromatic rings. The van der Waals surface area contributed by atoms with Crippen molar-refractivity contribution in [2.45, 2.75) is 0 Å². The second-order valence-corrected chi connectivity index (χ2v) is 5.85. The maximum absolute atomic E-state index is 13.2. The minimum absolute atomic E-state index is 0.0617. The summed E-state index contributed by atoms with van der Waals surface area (Å²) in [5, 5.41) is 5.40. The molecule has 5 nitrogen and oxygen atoms in total. The van der Waals surface area contributed by atoms with Gasteiger partial charge < -0.3 is 10.6 Å². The third kappa shape index (κ3) is 4.45. The van der Waals surface area contributed by atoms with Gasteiger partial charge in [0.1, 0.15) is 5.69 Å². The molecule has 8 heteroatoms. The molecular weight excluding hydrogens is 376 g/mol. The van der Waals surface area contributed by atoms with Gasteiger partial charge in [0.25, 0.3) is 11.8 Å². The second kappa shape index (κ2) is 7.92. The van der Waals surface area contributed by atoms with Gasteiger partial charge in [-0.25, -0.2) is 8.78 Å². The van der Waals surface area contributed by atoms with Crippen molar-refractivity contribution in [2.75, 3.05) is 10.6 Å². The van der Waals surface area contributed by atoms with E-state index < -0.39 is 23.4 Å². The molecule has 0 radical (unpaired) electrons. The highest BCUT2D eigenvalue weighted by Crippen LogP contribution is 2.21. The average Bonchev–Trinajstić information content (AvgIpc) is 2.66. The van der Waals surface area contributed by atoms with Crippen molar-refractivity contribution in [3.8, 4) is 0 Å². The molecule has 2 aromatic carbocycles. The molecular formula is C19H12ClF2N3O2. The van der Waals surface area contributed by atoms with Crippen LogP contribution in [0.4, 0.5) is 20.2 Å². The van der Waals surface area contributed by atoms with E-state index in [2.05, 4.69) is 15.6 Å². The van der Waals surface area contributed by atoms with Crippen LogP contribution in [-0.4, -0.2) is 16.8 Å². The maximum atomic E-state index is 13.2. The highest BCUT2D eigenvalue weighted by molar-refractivity contribution is 6.33. The van der Waals surface area contributed by atoms with Gasteiger partial charge in [0.05, 0.1) is 10.7 Å². The van der Waals surface area contributed by atoms with Crippen LogP contribution in [0.15, 0.2) is 60.8 Å². The lowest BCUT2D eigenvalue weighted by molar-refractivity contribution is 0.102. The number of pyridine rings is 1. The van der Waals surface area contributed by atoms with Gasteiger partial charge in [0, 0.05) is 23.5 Å². The molecule has 2 amide bonds. The van der Waals surface area contributed by atoms with E-state index in [-0.39, 0.29) is 16.9 Å². The Morgan fingerprint density at radius 1 is 0.889 bits per heavy atom. The Bertz CT molecular complexity index is 1030. The summed E-state index contributed by atoms with van der Waals surface area (Å²) in [5.74, 6) is -3.27. The van der Waals surface area contributed by atoms with Gasteiger partial charge in [-0.2, -0.15) is 0 Å². The van der Waals surface area contributed by atoms with Crippen LogP contribution < -0.4 is 10.6 Å². The van der Waals surface area contributed by atoms with E-state index >= 15 is 0 Å². The van der Waals surface area contributed by atoms with Crippen LogP contribution in [0.1, 0.15) is 20.8 Å². The molecule has 0 aliphatic rings. The normalized spacial score (nSPS) is 10.3. The first-order chi connectivity index (χ1) is 12.9. The van der Waals surface area contributed by atoms with Gasteiger partial charge in [0.2, 0.25) is 0 Å². The molecule has 136 valence electrons. The zero-order chi connectivity index (χ0) is 19.4. The van der Waals surface area contributed by atoms with Crippen LogP contribution in [0.3, 0.4) is 0 Å². The van der Waals surface area contributed by atoms with Crippen LogP contribution >= 0.6 is 11.6 Å². The molecule has 0 bridgehead atoms. The molecule has 27 heavy (non-hydrogen) atoms. The van der Waals surface area contributed by atoms with Crippen molar-refractivity contribution < 1.29 is 18.4 Å². The molecule has 0 saturated heterocycles. The lowest BCUT2D eigenvalue weighted by Crippen LogP contribution is -2.17. The molecule has 1 aromatic heterocycles. The lowest BCUT2D eigenvalue weighted by Gasteiger charge is -2.08. The minimum Gasteiger partial charge on any atom is -0.321 e. The SMILES string of the molecule is O=C(Nc1ccccc1Cl)c1ccnc(C(=O)Nc2ccc(F)c(F)c2)c1. The summed E-state index contributed by atoms with van der Waals surface area (Å²) in [5.41, 5.74) is 0.604. The van der Waals surface area contributed by atoms with Crippen molar-refractivity contribution in [2.24, 2.45) is 0 Å². The quantitative estimate of drug-likeness (QED) is 0.691. The largest absolute Gasteiger partial charge is 0.321 e. The Morgan fingerprint density at radius 2 is 1.67 bits per heavy atom. The molecule has 0 atom stereocenters. The zero-order valence-corrected chi connectivity index (χ0v) is 14.4. The fourth-order valence-corrected chi connectivity index (χ4v) is 2.41. The van der Waals surface area contributed by atoms with Crippen molar-refractivity contribution in [1.29, 1.82) is 0 Å². The molecule has 0 saturated carbocycles. The van der Waals surface area contributed by atoms with Crippen LogP contribution in [0.25, 0.3) is 0 Å². The number of nitrogens with one attached hydrogen (secondary N) is 2. The first-order valence-corrected chi connectivity index (χ1v) is 8.10. The van der Waals surface area contributed by atoms with Crippen LogP contribution in [-0.2, 0) is 0 Å². The standard InChI is InChI=1S/C19H12ClF2N3O2/c20-13-3-1-2-4-16(13)25-18(26)11-7-8-23-17(9-11)19(27)24-12-5-6-14(21)15(22)10-12/h1-10H,(H,24,27)(H,25,26). The predicted molar refractivity (Wildman–Crippen MR) is 98.0 cm³/mol. The van der Waals surface area contributed by atoms with Gasteiger partial charge in [0.15, 0.2) is 11.6 Å². The number of hydrogen-bond acceptors (Lipinski definition) is 3. The van der Waals surface area contributed by atoms with Crippen LogP contribution in [0, 0.1) is 11.6 Å². The Labute approximate surface area is 158 Å². The molecule has 0 aliphatic heterocycles. The Morgan fingerprint density at radius 3 is 2.41 bits per heavy atom. The summed E-state index contributed by atoms with van der Waals surface area (Å²) in [6.45, 7) is 0. The number of aromatic nitrogens is 1. The first kappa shape index (κ1) is 18.5. The predicted octanol–water partition coefficient (Wildman–Crippen LogP) is 4.52. The van der Waals surface area contributed by atoms with E-state index in [1.54, 1.807) is 24.3 Å². The van der Waals surface area contributed by atoms with Gasteiger partial charge >= 0.3 is 0 Å². The molecule has 0 unspecified atom stereocenters. The Balaban J connectivity index is 1.76. The second-order valence-electron chi connectivity index (χ2n) is 5.45. The lowest BCUT2D eigenvalue weighted by atomic mass is 10.2. The molecule has 1 heterocycles. The number of amides is 2. The Kier molecular flexibility index (Phi) is 5.42. The molecule has 0 aliphatic carbocycles. The number of carbonyl (C=O) groups is 2. The van der Waals surface area contributed by atoms with Crippen LogP contribution in [0.5, 0.6) is 0 Å². The van der Waals surface area contributed by atoms with Gasteiger partial charge in [-0.15, -0.1) is 0 Å². The van der Waals surface area contributed by atoms with Gasteiger partial charge in [-0.1, -0.05) is 23.7 Å².